The van der Waals surface area contributed by atoms with Gasteiger partial charge in [0.25, 0.3) is 0 Å². The molecule has 0 aliphatic heterocycles. The van der Waals surface area contributed by atoms with Crippen molar-refractivity contribution in [2.24, 2.45) is 0 Å². The van der Waals surface area contributed by atoms with E-state index in [0.29, 0.717) is 0 Å². The van der Waals surface area contributed by atoms with E-state index in [0.717, 1.165) is 0 Å². The fraction of sp³-hybridized carbons (Fsp3) is 0.600. The molecule has 0 saturated carbocycles. The third kappa shape index (κ3) is 2.45. The Bertz CT molecular complexity index is 80.6. The Morgan fingerprint density at radius 2 is 1.57 bits per heavy atom. The lowest BCUT2D eigenvalue weighted by Gasteiger charge is -2.08. The molecule has 0 amide bonds. The molecule has 0 heterocycles. The second-order valence-corrected chi connectivity index (χ2v) is 7.73. The lowest BCUT2D eigenvalue weighted by Crippen LogP contribution is -2.21. The molecule has 1 radical (unpaired) electrons. The summed E-state index contributed by atoms with van der Waals surface area (Å²) >= 11 is 0. The molecule has 41 valence electrons. The molecule has 0 aromatic heterocycles. The number of rotatable bonds is 1. The van der Waals surface area contributed by atoms with Gasteiger partial charge in [0.05, 0.1) is 0 Å². The van der Waals surface area contributed by atoms with Gasteiger partial charge in [-0.25, -0.2) is 0 Å². The molecular formula is C5H11OSi. The Hall–Kier alpha value is -0.243. The van der Waals surface area contributed by atoms with Crippen LogP contribution in [0.25, 0.3) is 0 Å². The average molecular weight is 115 g/mol. The van der Waals surface area contributed by atoms with Crippen LogP contribution < -0.4 is 0 Å². The summed E-state index contributed by atoms with van der Waals surface area (Å²) in [4.78, 5) is 0. The van der Waals surface area contributed by atoms with Crippen LogP contribution in [0.4, 0.5) is 0 Å². The van der Waals surface area contributed by atoms with Crippen molar-refractivity contribution in [3.05, 3.63) is 12.0 Å². The number of hydrogen-bond acceptors (Lipinski definition) is 0. The van der Waals surface area contributed by atoms with E-state index in [9.17, 15) is 5.11 Å². The predicted octanol–water partition coefficient (Wildman–Crippen LogP) is 1.81. The van der Waals surface area contributed by atoms with Gasteiger partial charge >= 0.3 is 0 Å². The summed E-state index contributed by atoms with van der Waals surface area (Å²) in [5, 5.41) is 10.5. The van der Waals surface area contributed by atoms with E-state index < -0.39 is 8.07 Å². The summed E-state index contributed by atoms with van der Waals surface area (Å²) in [6.07, 6.45) is 0. The van der Waals surface area contributed by atoms with Crippen molar-refractivity contribution < 1.29 is 5.11 Å². The summed E-state index contributed by atoms with van der Waals surface area (Å²) in [6, 6.07) is 0. The third-order valence-electron chi connectivity index (χ3n) is 0.837. The van der Waals surface area contributed by atoms with Gasteiger partial charge in [-0.15, -0.1) is 0 Å². The van der Waals surface area contributed by atoms with Crippen molar-refractivity contribution >= 4 is 8.07 Å². The third-order valence-corrected chi connectivity index (χ3v) is 2.51. The first-order chi connectivity index (χ1) is 2.94. The molecule has 0 aromatic carbocycles. The molecule has 0 atom stereocenters. The minimum atomic E-state index is -1.48. The largest absolute Gasteiger partial charge is 0.301 e. The fourth-order valence-corrected chi connectivity index (χ4v) is 0. The minimum absolute atomic E-state index is 0.132. The van der Waals surface area contributed by atoms with E-state index >= 15 is 0 Å². The zero-order valence-electron chi connectivity index (χ0n) is 5.12. The number of hydrogen-bond donors (Lipinski definition) is 0. The van der Waals surface area contributed by atoms with Gasteiger partial charge in [0.15, 0.2) is 0 Å². The van der Waals surface area contributed by atoms with Crippen LogP contribution >= 0.6 is 0 Å². The summed E-state index contributed by atoms with van der Waals surface area (Å²) in [5.74, 6) is 0. The Labute approximate surface area is 45.7 Å². The smallest absolute Gasteiger partial charge is 0.128 e. The molecule has 1 nitrogen and oxygen atoms in total. The molecule has 0 aliphatic carbocycles. The molecule has 0 spiro atoms. The molecule has 7 heavy (non-hydrogen) atoms. The van der Waals surface area contributed by atoms with Crippen LogP contribution in [0, 0.1) is 0 Å². The summed E-state index contributed by atoms with van der Waals surface area (Å²) in [5.41, 5.74) is 0. The van der Waals surface area contributed by atoms with E-state index in [-0.39, 0.29) is 5.38 Å². The van der Waals surface area contributed by atoms with Crippen LogP contribution in [0.3, 0.4) is 0 Å². The van der Waals surface area contributed by atoms with E-state index in [4.69, 9.17) is 0 Å². The molecule has 0 aromatic rings. The van der Waals surface area contributed by atoms with E-state index in [2.05, 4.69) is 6.58 Å². The van der Waals surface area contributed by atoms with Crippen molar-refractivity contribution in [1.82, 2.24) is 0 Å². The second-order valence-electron chi connectivity index (χ2n) is 2.67. The molecule has 2 heteroatoms. The maximum absolute atomic E-state index is 10.4. The fourth-order valence-electron chi connectivity index (χ4n) is 0. The first-order valence-corrected chi connectivity index (χ1v) is 5.81. The first-order valence-electron chi connectivity index (χ1n) is 2.31. The Morgan fingerprint density at radius 1 is 1.43 bits per heavy atom. The molecule has 0 saturated heterocycles. The maximum Gasteiger partial charge on any atom is 0.128 e. The highest BCUT2D eigenvalue weighted by atomic mass is 28.3. The highest BCUT2D eigenvalue weighted by Gasteiger charge is 2.18. The summed E-state index contributed by atoms with van der Waals surface area (Å²) in [7, 11) is -1.48. The molecule has 0 N–H and O–H groups in total. The Morgan fingerprint density at radius 3 is 1.57 bits per heavy atom. The van der Waals surface area contributed by atoms with Gasteiger partial charge in [0.1, 0.15) is 13.5 Å². The lowest BCUT2D eigenvalue weighted by atomic mass is 11.2. The van der Waals surface area contributed by atoms with Crippen molar-refractivity contribution in [1.29, 1.82) is 0 Å². The molecule has 0 unspecified atom stereocenters. The van der Waals surface area contributed by atoms with Gasteiger partial charge in [0.2, 0.25) is 0 Å². The Kier molecular flexibility index (Phi) is 1.64. The van der Waals surface area contributed by atoms with Crippen molar-refractivity contribution in [3.8, 4) is 0 Å². The monoisotopic (exact) mass is 115 g/mol. The van der Waals surface area contributed by atoms with E-state index in [1.54, 1.807) is 0 Å². The molecule has 0 aliphatic rings. The predicted molar refractivity (Wildman–Crippen MR) is 33.2 cm³/mol. The van der Waals surface area contributed by atoms with Crippen LogP contribution in [0.2, 0.25) is 19.6 Å². The van der Waals surface area contributed by atoms with Crippen molar-refractivity contribution in [2.45, 2.75) is 19.6 Å². The molecule has 0 fully saturated rings. The maximum atomic E-state index is 10.4. The van der Waals surface area contributed by atoms with E-state index in [1.807, 2.05) is 19.6 Å². The van der Waals surface area contributed by atoms with Gasteiger partial charge in [-0.05, 0) is 0 Å². The zero-order chi connectivity index (χ0) is 6.08. The van der Waals surface area contributed by atoms with Crippen molar-refractivity contribution in [3.63, 3.8) is 0 Å². The van der Waals surface area contributed by atoms with Crippen LogP contribution in [0.5, 0.6) is 0 Å². The summed E-state index contributed by atoms with van der Waals surface area (Å²) < 4.78 is 0. The van der Waals surface area contributed by atoms with Gasteiger partial charge in [0, 0.05) is 0 Å². The second kappa shape index (κ2) is 1.70. The zero-order valence-corrected chi connectivity index (χ0v) is 6.12. The Balaban J connectivity index is 3.79. The van der Waals surface area contributed by atoms with Crippen LogP contribution in [-0.2, 0) is 5.11 Å². The average Bonchev–Trinajstić information content (AvgIpc) is 1.31. The van der Waals surface area contributed by atoms with Gasteiger partial charge in [-0.2, -0.15) is 0 Å². The van der Waals surface area contributed by atoms with Crippen LogP contribution in [0.1, 0.15) is 0 Å². The van der Waals surface area contributed by atoms with Crippen molar-refractivity contribution in [2.75, 3.05) is 0 Å². The van der Waals surface area contributed by atoms with Crippen LogP contribution in [-0.4, -0.2) is 8.07 Å². The quantitative estimate of drug-likeness (QED) is 0.367. The SMILES string of the molecule is C=C([O])[Si](C)(C)C. The standard InChI is InChI=1S/C5H11OSi/c1-5(6)7(2,3)4/h1H2,2-4H3. The highest BCUT2D eigenvalue weighted by molar-refractivity contribution is 6.82. The summed E-state index contributed by atoms with van der Waals surface area (Å²) in [6.45, 7) is 9.30. The molecule has 0 bridgehead atoms. The lowest BCUT2D eigenvalue weighted by molar-refractivity contribution is 0.328. The van der Waals surface area contributed by atoms with Gasteiger partial charge in [-0.3, -0.25) is 0 Å². The first kappa shape index (κ1) is 6.76. The van der Waals surface area contributed by atoms with E-state index in [1.165, 1.54) is 0 Å². The highest BCUT2D eigenvalue weighted by Crippen LogP contribution is 2.07. The van der Waals surface area contributed by atoms with Crippen LogP contribution in [0.15, 0.2) is 12.0 Å². The molecule has 0 rings (SSSR count). The molecular weight excluding hydrogens is 104 g/mol. The van der Waals surface area contributed by atoms with Gasteiger partial charge in [-0.1, -0.05) is 26.2 Å². The normalized spacial score (nSPS) is 11.3. The minimum Gasteiger partial charge on any atom is -0.301 e. The topological polar surface area (TPSA) is 19.9 Å². The van der Waals surface area contributed by atoms with Gasteiger partial charge < -0.3 is 5.11 Å².